The second kappa shape index (κ2) is 7.69. The predicted octanol–water partition coefficient (Wildman–Crippen LogP) is 3.12. The summed E-state index contributed by atoms with van der Waals surface area (Å²) >= 11 is 0. The van der Waals surface area contributed by atoms with Crippen LogP contribution in [0, 0.1) is 6.92 Å². The van der Waals surface area contributed by atoms with Gasteiger partial charge >= 0.3 is 0 Å². The van der Waals surface area contributed by atoms with Crippen molar-refractivity contribution in [2.75, 3.05) is 19.0 Å². The van der Waals surface area contributed by atoms with Crippen LogP contribution in [0.1, 0.15) is 37.6 Å². The molecule has 0 saturated carbocycles. The molecule has 0 aromatic carbocycles. The van der Waals surface area contributed by atoms with Gasteiger partial charge in [0.1, 0.15) is 11.6 Å². The Morgan fingerprint density at radius 1 is 1.39 bits per heavy atom. The van der Waals surface area contributed by atoms with Gasteiger partial charge < -0.3 is 10.1 Å². The van der Waals surface area contributed by atoms with E-state index in [9.17, 15) is 0 Å². The number of nitrogens with one attached hydrogen (secondary N) is 1. The molecule has 0 fully saturated rings. The second-order valence-electron chi connectivity index (χ2n) is 4.20. The average molecular weight is 249 g/mol. The van der Waals surface area contributed by atoms with E-state index in [0.717, 1.165) is 42.9 Å². The number of rotatable bonds is 8. The van der Waals surface area contributed by atoms with Crippen LogP contribution in [0.25, 0.3) is 0 Å². The molecule has 0 amide bonds. The third-order valence-corrected chi connectivity index (χ3v) is 2.65. The van der Waals surface area contributed by atoms with Crippen LogP contribution in [-0.4, -0.2) is 23.6 Å². The van der Waals surface area contributed by atoms with E-state index in [4.69, 9.17) is 4.74 Å². The number of allylic oxidation sites excluding steroid dienone is 1. The van der Waals surface area contributed by atoms with Gasteiger partial charge in [-0.15, -0.1) is 6.58 Å². The van der Waals surface area contributed by atoms with Crippen molar-refractivity contribution in [3.8, 4) is 5.88 Å². The molecule has 0 saturated heterocycles. The minimum absolute atomic E-state index is 0.665. The van der Waals surface area contributed by atoms with E-state index >= 15 is 0 Å². The molecule has 0 aliphatic rings. The summed E-state index contributed by atoms with van der Waals surface area (Å²) in [6, 6.07) is 0. The van der Waals surface area contributed by atoms with Crippen molar-refractivity contribution in [2.24, 2.45) is 0 Å². The largest absolute Gasteiger partial charge is 0.477 e. The maximum Gasteiger partial charge on any atom is 0.221 e. The topological polar surface area (TPSA) is 47.0 Å². The van der Waals surface area contributed by atoms with Crippen molar-refractivity contribution >= 4 is 5.82 Å². The first-order valence-electron chi connectivity index (χ1n) is 6.51. The van der Waals surface area contributed by atoms with E-state index in [0.29, 0.717) is 12.5 Å². The van der Waals surface area contributed by atoms with Crippen LogP contribution >= 0.6 is 0 Å². The first-order valence-corrected chi connectivity index (χ1v) is 6.51. The Morgan fingerprint density at radius 2 is 2.17 bits per heavy atom. The predicted molar refractivity (Wildman–Crippen MR) is 75.2 cm³/mol. The quantitative estimate of drug-likeness (QED) is 0.568. The van der Waals surface area contributed by atoms with Crippen LogP contribution < -0.4 is 10.1 Å². The van der Waals surface area contributed by atoms with Crippen molar-refractivity contribution in [3.05, 3.63) is 24.0 Å². The van der Waals surface area contributed by atoms with E-state index in [1.165, 1.54) is 0 Å². The van der Waals surface area contributed by atoms with Gasteiger partial charge in [0, 0.05) is 13.5 Å². The van der Waals surface area contributed by atoms with Gasteiger partial charge in [-0.25, -0.2) is 4.98 Å². The number of nitrogens with zero attached hydrogens (tertiary/aromatic N) is 2. The molecule has 0 aliphatic carbocycles. The molecule has 4 heteroatoms. The lowest BCUT2D eigenvalue weighted by molar-refractivity contribution is 0.296. The maximum absolute atomic E-state index is 5.73. The Labute approximate surface area is 109 Å². The molecule has 0 unspecified atom stereocenters. The highest BCUT2D eigenvalue weighted by Gasteiger charge is 2.10. The maximum atomic E-state index is 5.73. The van der Waals surface area contributed by atoms with Gasteiger partial charge in [0.05, 0.1) is 12.2 Å². The Morgan fingerprint density at radius 3 is 2.78 bits per heavy atom. The van der Waals surface area contributed by atoms with E-state index in [1.807, 2.05) is 20.0 Å². The number of anilines is 1. The van der Waals surface area contributed by atoms with Crippen molar-refractivity contribution < 1.29 is 4.74 Å². The lowest BCUT2D eigenvalue weighted by atomic mass is 10.2. The molecule has 1 heterocycles. The SMILES string of the molecule is C=CCCCOc1nc(CCC)nc(NC)c1C. The van der Waals surface area contributed by atoms with Crippen LogP contribution in [0.3, 0.4) is 0 Å². The molecule has 18 heavy (non-hydrogen) atoms. The molecule has 0 atom stereocenters. The lowest BCUT2D eigenvalue weighted by Gasteiger charge is -2.12. The summed E-state index contributed by atoms with van der Waals surface area (Å²) in [7, 11) is 1.87. The monoisotopic (exact) mass is 249 g/mol. The van der Waals surface area contributed by atoms with Crippen LogP contribution in [0.5, 0.6) is 5.88 Å². The number of hydrogen-bond donors (Lipinski definition) is 1. The van der Waals surface area contributed by atoms with Gasteiger partial charge in [0.2, 0.25) is 5.88 Å². The molecule has 100 valence electrons. The van der Waals surface area contributed by atoms with Gasteiger partial charge in [-0.3, -0.25) is 0 Å². The van der Waals surface area contributed by atoms with Gasteiger partial charge in [-0.2, -0.15) is 4.98 Å². The molecule has 1 rings (SSSR count). The fraction of sp³-hybridized carbons (Fsp3) is 0.571. The van der Waals surface area contributed by atoms with E-state index < -0.39 is 0 Å². The molecular formula is C14H23N3O. The van der Waals surface area contributed by atoms with Crippen molar-refractivity contribution in [1.29, 1.82) is 0 Å². The van der Waals surface area contributed by atoms with Gasteiger partial charge in [0.25, 0.3) is 0 Å². The Kier molecular flexibility index (Phi) is 6.19. The van der Waals surface area contributed by atoms with Crippen molar-refractivity contribution in [3.63, 3.8) is 0 Å². The van der Waals surface area contributed by atoms with Gasteiger partial charge in [-0.1, -0.05) is 13.0 Å². The highest BCUT2D eigenvalue weighted by molar-refractivity contribution is 5.48. The summed E-state index contributed by atoms with van der Waals surface area (Å²) in [6.45, 7) is 8.46. The van der Waals surface area contributed by atoms with E-state index in [1.54, 1.807) is 0 Å². The number of aromatic nitrogens is 2. The fourth-order valence-corrected chi connectivity index (χ4v) is 1.66. The van der Waals surface area contributed by atoms with Gasteiger partial charge in [0.15, 0.2) is 0 Å². The number of hydrogen-bond acceptors (Lipinski definition) is 4. The fourth-order valence-electron chi connectivity index (χ4n) is 1.66. The first kappa shape index (κ1) is 14.5. The second-order valence-corrected chi connectivity index (χ2v) is 4.20. The highest BCUT2D eigenvalue weighted by atomic mass is 16.5. The van der Waals surface area contributed by atoms with Crippen molar-refractivity contribution in [2.45, 2.75) is 39.5 Å². The molecule has 0 spiro atoms. The first-order chi connectivity index (χ1) is 8.72. The molecule has 0 bridgehead atoms. The normalized spacial score (nSPS) is 10.2. The Hall–Kier alpha value is -1.58. The van der Waals surface area contributed by atoms with Crippen LogP contribution in [0.4, 0.5) is 5.82 Å². The van der Waals surface area contributed by atoms with E-state index in [2.05, 4.69) is 28.8 Å². The third-order valence-electron chi connectivity index (χ3n) is 2.65. The average Bonchev–Trinajstić information content (AvgIpc) is 2.38. The Bertz CT molecular complexity index is 391. The molecule has 1 aromatic rings. The Balaban J connectivity index is 2.80. The zero-order valence-electron chi connectivity index (χ0n) is 11.6. The standard InChI is InChI=1S/C14H23N3O/c1-5-7-8-10-18-14-11(3)13(15-4)16-12(17-14)9-6-2/h5H,1,6-10H2,2-4H3,(H,15,16,17). The van der Waals surface area contributed by atoms with Crippen molar-refractivity contribution in [1.82, 2.24) is 9.97 Å². The zero-order chi connectivity index (χ0) is 13.4. The van der Waals surface area contributed by atoms with Crippen LogP contribution in [-0.2, 0) is 6.42 Å². The molecule has 0 radical (unpaired) electrons. The summed E-state index contributed by atoms with van der Waals surface area (Å²) in [5.74, 6) is 2.39. The molecule has 1 N–H and O–H groups in total. The van der Waals surface area contributed by atoms with Crippen LogP contribution in [0.2, 0.25) is 0 Å². The summed E-state index contributed by atoms with van der Waals surface area (Å²) in [6.07, 6.45) is 5.73. The smallest absolute Gasteiger partial charge is 0.221 e. The molecule has 4 nitrogen and oxygen atoms in total. The third kappa shape index (κ3) is 4.02. The van der Waals surface area contributed by atoms with E-state index in [-0.39, 0.29) is 0 Å². The summed E-state index contributed by atoms with van der Waals surface area (Å²) < 4.78 is 5.73. The highest BCUT2D eigenvalue weighted by Crippen LogP contribution is 2.22. The molecule has 1 aromatic heterocycles. The molecule has 0 aliphatic heterocycles. The summed E-state index contributed by atoms with van der Waals surface area (Å²) in [5.41, 5.74) is 0.968. The number of aryl methyl sites for hydroxylation is 1. The minimum atomic E-state index is 0.665. The number of ether oxygens (including phenoxy) is 1. The van der Waals surface area contributed by atoms with Crippen LogP contribution in [0.15, 0.2) is 12.7 Å². The lowest BCUT2D eigenvalue weighted by Crippen LogP contribution is -2.08. The molecular weight excluding hydrogens is 226 g/mol. The summed E-state index contributed by atoms with van der Waals surface area (Å²) in [4.78, 5) is 8.94. The summed E-state index contributed by atoms with van der Waals surface area (Å²) in [5, 5.41) is 3.09. The zero-order valence-corrected chi connectivity index (χ0v) is 11.6. The minimum Gasteiger partial charge on any atom is -0.477 e. The number of unbranched alkanes of at least 4 members (excludes halogenated alkanes) is 1. The van der Waals surface area contributed by atoms with Gasteiger partial charge in [-0.05, 0) is 26.2 Å².